The third kappa shape index (κ3) is 4.73. The molecule has 0 N–H and O–H groups in total. The lowest BCUT2D eigenvalue weighted by molar-refractivity contribution is -0.137. The normalized spacial score (nSPS) is 21.6. The van der Waals surface area contributed by atoms with E-state index in [9.17, 15) is 9.59 Å². The molecule has 2 saturated heterocycles. The van der Waals surface area contributed by atoms with Gasteiger partial charge in [0.1, 0.15) is 0 Å². The highest BCUT2D eigenvalue weighted by molar-refractivity contribution is 6.42. The van der Waals surface area contributed by atoms with E-state index in [2.05, 4.69) is 11.8 Å². The number of nitrogens with zero attached hydrogens (tertiary/aromatic N) is 3. The summed E-state index contributed by atoms with van der Waals surface area (Å²) in [4.78, 5) is 31.2. The molecule has 2 atom stereocenters. The molecule has 8 heteroatoms. The van der Waals surface area contributed by atoms with Crippen molar-refractivity contribution < 1.29 is 14.3 Å². The Labute approximate surface area is 176 Å². The van der Waals surface area contributed by atoms with E-state index in [1.54, 1.807) is 17.0 Å². The van der Waals surface area contributed by atoms with Crippen molar-refractivity contribution in [2.24, 2.45) is 0 Å². The van der Waals surface area contributed by atoms with Crippen LogP contribution in [-0.2, 0) is 16.0 Å². The van der Waals surface area contributed by atoms with Gasteiger partial charge < -0.3 is 14.5 Å². The zero-order valence-electron chi connectivity index (χ0n) is 16.4. The Morgan fingerprint density at radius 2 is 1.86 bits per heavy atom. The molecule has 3 rings (SSSR count). The topological polar surface area (TPSA) is 53.1 Å². The number of hydrogen-bond acceptors (Lipinski definition) is 4. The summed E-state index contributed by atoms with van der Waals surface area (Å²) in [6, 6.07) is 5.39. The molecule has 2 heterocycles. The van der Waals surface area contributed by atoms with E-state index >= 15 is 0 Å². The SMILES string of the molecule is COC(=O)N1CCN(C(=O)Cc2ccc(Cl)c(Cl)c2)[C@H]([C@H](C)N2CCCC2)C1. The molecule has 2 aliphatic heterocycles. The first-order valence-corrected chi connectivity index (χ1v) is 10.5. The van der Waals surface area contributed by atoms with Crippen LogP contribution >= 0.6 is 23.2 Å². The van der Waals surface area contributed by atoms with Crippen molar-refractivity contribution in [3.63, 3.8) is 0 Å². The van der Waals surface area contributed by atoms with Crippen molar-refractivity contribution in [1.82, 2.24) is 14.7 Å². The second-order valence-corrected chi connectivity index (χ2v) is 8.29. The highest BCUT2D eigenvalue weighted by Gasteiger charge is 2.38. The number of benzene rings is 1. The summed E-state index contributed by atoms with van der Waals surface area (Å²) in [6.07, 6.45) is 2.28. The van der Waals surface area contributed by atoms with Crippen LogP contribution < -0.4 is 0 Å². The van der Waals surface area contributed by atoms with Crippen LogP contribution in [0.2, 0.25) is 10.0 Å². The molecule has 2 fully saturated rings. The zero-order valence-corrected chi connectivity index (χ0v) is 17.9. The molecule has 2 amide bonds. The van der Waals surface area contributed by atoms with E-state index in [1.165, 1.54) is 20.0 Å². The van der Waals surface area contributed by atoms with Crippen molar-refractivity contribution in [1.29, 1.82) is 0 Å². The van der Waals surface area contributed by atoms with Gasteiger partial charge in [0.25, 0.3) is 0 Å². The molecule has 0 unspecified atom stereocenters. The lowest BCUT2D eigenvalue weighted by Crippen LogP contribution is -2.62. The minimum atomic E-state index is -0.338. The number of carbonyl (C=O) groups excluding carboxylic acids is 2. The molecule has 0 spiro atoms. The van der Waals surface area contributed by atoms with Crippen LogP contribution in [-0.4, -0.2) is 78.6 Å². The molecule has 0 aromatic heterocycles. The fraction of sp³-hybridized carbons (Fsp3) is 0.600. The van der Waals surface area contributed by atoms with E-state index in [1.807, 2.05) is 11.0 Å². The molecule has 0 radical (unpaired) electrons. The maximum atomic E-state index is 13.1. The average Bonchev–Trinajstić information content (AvgIpc) is 3.24. The van der Waals surface area contributed by atoms with Crippen LogP contribution in [0.15, 0.2) is 18.2 Å². The quantitative estimate of drug-likeness (QED) is 0.739. The summed E-state index contributed by atoms with van der Waals surface area (Å²) >= 11 is 12.1. The van der Waals surface area contributed by atoms with Gasteiger partial charge >= 0.3 is 6.09 Å². The molecule has 28 heavy (non-hydrogen) atoms. The summed E-state index contributed by atoms with van der Waals surface area (Å²) in [5, 5.41) is 0.926. The first kappa shape index (κ1) is 21.2. The van der Waals surface area contributed by atoms with Gasteiger partial charge in [-0.1, -0.05) is 29.3 Å². The van der Waals surface area contributed by atoms with Crippen molar-refractivity contribution in [2.45, 2.75) is 38.3 Å². The standard InChI is InChI=1S/C20H27Cl2N3O3/c1-14(23-7-3-4-8-23)18-13-24(20(27)28-2)9-10-25(18)19(26)12-15-5-6-16(21)17(22)11-15/h5-6,11,14,18H,3-4,7-10,12-13H2,1-2H3/t14-,18-/m0/s1. The number of amides is 2. The Morgan fingerprint density at radius 3 is 2.50 bits per heavy atom. The third-order valence-corrected chi connectivity index (χ3v) is 6.52. The number of methoxy groups -OCH3 is 1. The Balaban J connectivity index is 1.76. The maximum Gasteiger partial charge on any atom is 0.409 e. The number of likely N-dealkylation sites (tertiary alicyclic amines) is 1. The molecule has 0 bridgehead atoms. The number of piperazine rings is 1. The van der Waals surface area contributed by atoms with Crippen LogP contribution in [0.25, 0.3) is 0 Å². The first-order chi connectivity index (χ1) is 13.4. The van der Waals surface area contributed by atoms with E-state index in [4.69, 9.17) is 27.9 Å². The summed E-state index contributed by atoms with van der Waals surface area (Å²) in [5.41, 5.74) is 0.836. The lowest BCUT2D eigenvalue weighted by atomic mass is 10.0. The fourth-order valence-electron chi connectivity index (χ4n) is 4.15. The highest BCUT2D eigenvalue weighted by atomic mass is 35.5. The summed E-state index contributed by atoms with van der Waals surface area (Å²) < 4.78 is 4.90. The van der Waals surface area contributed by atoms with Gasteiger partial charge in [-0.2, -0.15) is 0 Å². The minimum absolute atomic E-state index is 0.0407. The van der Waals surface area contributed by atoms with Gasteiger partial charge in [-0.15, -0.1) is 0 Å². The van der Waals surface area contributed by atoms with E-state index < -0.39 is 0 Å². The molecule has 6 nitrogen and oxygen atoms in total. The van der Waals surface area contributed by atoms with Gasteiger partial charge in [0, 0.05) is 25.7 Å². The van der Waals surface area contributed by atoms with Gasteiger partial charge in [0.15, 0.2) is 0 Å². The molecular formula is C20H27Cl2N3O3. The Hall–Kier alpha value is -1.50. The third-order valence-electron chi connectivity index (χ3n) is 5.78. The molecule has 1 aromatic carbocycles. The second-order valence-electron chi connectivity index (χ2n) is 7.48. The fourth-order valence-corrected chi connectivity index (χ4v) is 4.47. The average molecular weight is 428 g/mol. The van der Waals surface area contributed by atoms with Crippen LogP contribution in [0.3, 0.4) is 0 Å². The highest BCUT2D eigenvalue weighted by Crippen LogP contribution is 2.25. The molecule has 0 aliphatic carbocycles. The van der Waals surface area contributed by atoms with Gasteiger partial charge in [-0.05, 0) is 50.6 Å². The first-order valence-electron chi connectivity index (χ1n) is 9.71. The van der Waals surface area contributed by atoms with Crippen molar-refractivity contribution >= 4 is 35.2 Å². The smallest absolute Gasteiger partial charge is 0.409 e. The second kappa shape index (κ2) is 9.33. The molecular weight excluding hydrogens is 401 g/mol. The Kier molecular flexibility index (Phi) is 7.07. The van der Waals surface area contributed by atoms with Gasteiger partial charge in [0.05, 0.1) is 29.6 Å². The van der Waals surface area contributed by atoms with E-state index in [-0.39, 0.29) is 30.5 Å². The molecule has 2 aliphatic rings. The van der Waals surface area contributed by atoms with Gasteiger partial charge in [0.2, 0.25) is 5.91 Å². The number of carbonyl (C=O) groups is 2. The number of hydrogen-bond donors (Lipinski definition) is 0. The van der Waals surface area contributed by atoms with Gasteiger partial charge in [-0.25, -0.2) is 4.79 Å². The molecule has 154 valence electrons. The Morgan fingerprint density at radius 1 is 1.14 bits per heavy atom. The molecule has 1 aromatic rings. The summed E-state index contributed by atoms with van der Waals surface area (Å²) in [7, 11) is 1.39. The predicted octanol–water partition coefficient (Wildman–Crippen LogP) is 3.30. The van der Waals surface area contributed by atoms with Crippen molar-refractivity contribution in [3.05, 3.63) is 33.8 Å². The van der Waals surface area contributed by atoms with Crippen LogP contribution in [0.4, 0.5) is 4.79 Å². The lowest BCUT2D eigenvalue weighted by Gasteiger charge is -2.45. The summed E-state index contributed by atoms with van der Waals surface area (Å²) in [5.74, 6) is 0.0407. The van der Waals surface area contributed by atoms with Crippen molar-refractivity contribution in [3.8, 4) is 0 Å². The van der Waals surface area contributed by atoms with E-state index in [0.717, 1.165) is 18.7 Å². The maximum absolute atomic E-state index is 13.1. The van der Waals surface area contributed by atoms with Crippen LogP contribution in [0, 0.1) is 0 Å². The minimum Gasteiger partial charge on any atom is -0.453 e. The largest absolute Gasteiger partial charge is 0.453 e. The van der Waals surface area contributed by atoms with Crippen molar-refractivity contribution in [2.75, 3.05) is 39.8 Å². The molecule has 0 saturated carbocycles. The zero-order chi connectivity index (χ0) is 20.3. The van der Waals surface area contributed by atoms with E-state index in [0.29, 0.717) is 29.7 Å². The summed E-state index contributed by atoms with van der Waals surface area (Å²) in [6.45, 7) is 5.67. The monoisotopic (exact) mass is 427 g/mol. The number of rotatable bonds is 4. The van der Waals surface area contributed by atoms with Gasteiger partial charge in [-0.3, -0.25) is 9.69 Å². The predicted molar refractivity (Wildman–Crippen MR) is 110 cm³/mol. The van der Waals surface area contributed by atoms with Crippen LogP contribution in [0.1, 0.15) is 25.3 Å². The number of halogens is 2. The number of ether oxygens (including phenoxy) is 1. The Bertz CT molecular complexity index is 725. The van der Waals surface area contributed by atoms with Crippen LogP contribution in [0.5, 0.6) is 0 Å².